The number of thioether (sulfide) groups is 1. The number of aliphatic imine (C=N–C) groups is 1. The summed E-state index contributed by atoms with van der Waals surface area (Å²) in [5, 5.41) is 1.18. The van der Waals surface area contributed by atoms with E-state index in [0.29, 0.717) is 38.7 Å². The first-order chi connectivity index (χ1) is 17.3. The molecule has 0 radical (unpaired) electrons. The Morgan fingerprint density at radius 2 is 1.78 bits per heavy atom. The van der Waals surface area contributed by atoms with Crippen LogP contribution in [0.4, 0.5) is 5.69 Å². The fraction of sp³-hybridized carbons (Fsp3) is 0.115. The highest BCUT2D eigenvalue weighted by atomic mass is 79.9. The van der Waals surface area contributed by atoms with Crippen molar-refractivity contribution in [2.45, 2.75) is 6.61 Å². The molecule has 0 saturated carbocycles. The van der Waals surface area contributed by atoms with Crippen molar-refractivity contribution in [3.8, 4) is 5.75 Å². The van der Waals surface area contributed by atoms with Gasteiger partial charge >= 0.3 is 5.97 Å². The molecule has 3 aromatic carbocycles. The second kappa shape index (κ2) is 11.6. The average molecular weight is 651 g/mol. The van der Waals surface area contributed by atoms with Crippen LogP contribution < -0.4 is 4.74 Å². The number of benzene rings is 3. The minimum atomic E-state index is -0.417. The Labute approximate surface area is 234 Å². The number of amides is 1. The summed E-state index contributed by atoms with van der Waals surface area (Å²) >= 11 is 14.6. The zero-order chi connectivity index (χ0) is 25.8. The van der Waals surface area contributed by atoms with Gasteiger partial charge in [0.2, 0.25) is 0 Å². The number of amidine groups is 1. The number of carbonyl (C=O) groups is 2. The van der Waals surface area contributed by atoms with Gasteiger partial charge in [0.25, 0.3) is 5.91 Å². The fourth-order valence-corrected chi connectivity index (χ4v) is 5.90. The van der Waals surface area contributed by atoms with E-state index in [1.807, 2.05) is 36.4 Å². The Hall–Kier alpha value is -2.59. The normalized spacial score (nSPS) is 15.6. The summed E-state index contributed by atoms with van der Waals surface area (Å²) in [6, 6.07) is 18.0. The summed E-state index contributed by atoms with van der Waals surface area (Å²) in [5.41, 5.74) is 2.75. The molecule has 0 atom stereocenters. The van der Waals surface area contributed by atoms with Crippen LogP contribution in [-0.4, -0.2) is 36.1 Å². The molecule has 3 aromatic rings. The molecular weight excluding hydrogens is 632 g/mol. The molecule has 0 aromatic heterocycles. The number of methoxy groups -OCH3 is 1. The van der Waals surface area contributed by atoms with E-state index < -0.39 is 5.97 Å². The molecular formula is C26H19Br2ClN2O4S. The summed E-state index contributed by atoms with van der Waals surface area (Å²) in [7, 11) is 3.01. The maximum absolute atomic E-state index is 12.9. The molecule has 0 aliphatic carbocycles. The van der Waals surface area contributed by atoms with Crippen LogP contribution in [0.2, 0.25) is 5.02 Å². The van der Waals surface area contributed by atoms with Crippen molar-refractivity contribution in [2.75, 3.05) is 14.2 Å². The van der Waals surface area contributed by atoms with E-state index in [4.69, 9.17) is 21.1 Å². The molecule has 1 fully saturated rings. The number of likely N-dealkylation sites (N-methyl/N-ethyl adjacent to an activating group) is 1. The molecule has 0 unspecified atom stereocenters. The number of ether oxygens (including phenoxy) is 2. The molecule has 10 heteroatoms. The lowest BCUT2D eigenvalue weighted by atomic mass is 10.2. The Bertz CT molecular complexity index is 1370. The minimum absolute atomic E-state index is 0.156. The van der Waals surface area contributed by atoms with Gasteiger partial charge in [-0.05, 0) is 97.7 Å². The molecule has 0 spiro atoms. The van der Waals surface area contributed by atoms with E-state index in [1.54, 1.807) is 37.4 Å². The van der Waals surface area contributed by atoms with Gasteiger partial charge in [-0.1, -0.05) is 29.8 Å². The molecule has 0 N–H and O–H groups in total. The highest BCUT2D eigenvalue weighted by Crippen LogP contribution is 2.38. The van der Waals surface area contributed by atoms with Gasteiger partial charge in [-0.2, -0.15) is 0 Å². The second-order valence-electron chi connectivity index (χ2n) is 7.60. The monoisotopic (exact) mass is 648 g/mol. The molecule has 0 bridgehead atoms. The zero-order valence-electron chi connectivity index (χ0n) is 19.1. The van der Waals surface area contributed by atoms with Crippen LogP contribution in [0.25, 0.3) is 6.08 Å². The van der Waals surface area contributed by atoms with Gasteiger partial charge in [-0.3, -0.25) is 9.69 Å². The van der Waals surface area contributed by atoms with E-state index in [9.17, 15) is 9.59 Å². The number of esters is 1. The Balaban J connectivity index is 1.52. The SMILES string of the molecule is COC(=O)c1ccc(N=C2SC(=Cc3cc(Br)c(OCc4ccccc4Cl)c(Br)c3)C(=O)N2C)cc1. The summed E-state index contributed by atoms with van der Waals surface area (Å²) in [5.74, 6) is 0.0630. The second-order valence-corrected chi connectivity index (χ2v) is 10.7. The van der Waals surface area contributed by atoms with Crippen LogP contribution in [0.5, 0.6) is 5.75 Å². The number of rotatable bonds is 6. The third-order valence-electron chi connectivity index (χ3n) is 5.16. The maximum atomic E-state index is 12.9. The number of hydrogen-bond acceptors (Lipinski definition) is 6. The summed E-state index contributed by atoms with van der Waals surface area (Å²) in [6.07, 6.45) is 1.81. The van der Waals surface area contributed by atoms with Crippen molar-refractivity contribution in [1.82, 2.24) is 4.90 Å². The standard InChI is InChI=1S/C26H19Br2ClN2O4S/c1-31-24(32)22(36-26(31)30-18-9-7-16(8-10-18)25(33)34-2)13-15-11-19(27)23(20(28)12-15)35-14-17-5-3-4-6-21(17)29/h3-13H,14H2,1-2H3. The highest BCUT2D eigenvalue weighted by Gasteiger charge is 2.30. The average Bonchev–Trinajstić information content (AvgIpc) is 3.12. The summed E-state index contributed by atoms with van der Waals surface area (Å²) < 4.78 is 12.2. The number of nitrogens with zero attached hydrogens (tertiary/aromatic N) is 2. The molecule has 1 heterocycles. The van der Waals surface area contributed by atoms with Crippen LogP contribution in [0.1, 0.15) is 21.5 Å². The van der Waals surface area contributed by atoms with Crippen molar-refractivity contribution >= 4 is 84.0 Å². The Kier molecular flexibility index (Phi) is 8.56. The molecule has 1 amide bonds. The van der Waals surface area contributed by atoms with Gasteiger partial charge in [0, 0.05) is 17.6 Å². The quantitative estimate of drug-likeness (QED) is 0.205. The van der Waals surface area contributed by atoms with Crippen LogP contribution in [0.3, 0.4) is 0 Å². The van der Waals surface area contributed by atoms with E-state index in [2.05, 4.69) is 36.9 Å². The van der Waals surface area contributed by atoms with Gasteiger partial charge in [0.1, 0.15) is 12.4 Å². The van der Waals surface area contributed by atoms with Crippen molar-refractivity contribution in [3.05, 3.63) is 96.2 Å². The number of carbonyl (C=O) groups excluding carboxylic acids is 2. The van der Waals surface area contributed by atoms with E-state index >= 15 is 0 Å². The van der Waals surface area contributed by atoms with Gasteiger partial charge in [-0.25, -0.2) is 9.79 Å². The van der Waals surface area contributed by atoms with Crippen LogP contribution in [-0.2, 0) is 16.1 Å². The van der Waals surface area contributed by atoms with Crippen molar-refractivity contribution in [2.24, 2.45) is 4.99 Å². The lowest BCUT2D eigenvalue weighted by molar-refractivity contribution is -0.121. The van der Waals surface area contributed by atoms with E-state index in [0.717, 1.165) is 20.1 Å². The minimum Gasteiger partial charge on any atom is -0.486 e. The van der Waals surface area contributed by atoms with Crippen molar-refractivity contribution in [3.63, 3.8) is 0 Å². The molecule has 4 rings (SSSR count). The molecule has 1 aliphatic heterocycles. The van der Waals surface area contributed by atoms with Crippen molar-refractivity contribution < 1.29 is 19.1 Å². The van der Waals surface area contributed by atoms with Gasteiger partial charge in [-0.15, -0.1) is 0 Å². The number of halogens is 3. The predicted octanol–water partition coefficient (Wildman–Crippen LogP) is 7.46. The maximum Gasteiger partial charge on any atom is 0.337 e. The zero-order valence-corrected chi connectivity index (χ0v) is 23.9. The van der Waals surface area contributed by atoms with E-state index in [-0.39, 0.29) is 5.91 Å². The van der Waals surface area contributed by atoms with Gasteiger partial charge < -0.3 is 9.47 Å². The first-order valence-corrected chi connectivity index (χ1v) is 13.3. The Morgan fingerprint density at radius 1 is 1.11 bits per heavy atom. The van der Waals surface area contributed by atoms with Crippen LogP contribution >= 0.6 is 55.2 Å². The van der Waals surface area contributed by atoms with Crippen molar-refractivity contribution in [1.29, 1.82) is 0 Å². The van der Waals surface area contributed by atoms with Gasteiger partial charge in [0.05, 0.1) is 32.2 Å². The Morgan fingerprint density at radius 3 is 2.42 bits per heavy atom. The lowest BCUT2D eigenvalue weighted by Crippen LogP contribution is -2.23. The third kappa shape index (κ3) is 6.03. The van der Waals surface area contributed by atoms with E-state index in [1.165, 1.54) is 23.8 Å². The lowest BCUT2D eigenvalue weighted by Gasteiger charge is -2.12. The summed E-state index contributed by atoms with van der Waals surface area (Å²) in [4.78, 5) is 31.1. The summed E-state index contributed by atoms with van der Waals surface area (Å²) in [6.45, 7) is 0.316. The number of hydrogen-bond donors (Lipinski definition) is 0. The van der Waals surface area contributed by atoms with Crippen LogP contribution in [0.15, 0.2) is 79.5 Å². The largest absolute Gasteiger partial charge is 0.486 e. The first kappa shape index (κ1) is 26.5. The first-order valence-electron chi connectivity index (χ1n) is 10.6. The van der Waals surface area contributed by atoms with Gasteiger partial charge in [0.15, 0.2) is 5.17 Å². The smallest absolute Gasteiger partial charge is 0.337 e. The highest BCUT2D eigenvalue weighted by molar-refractivity contribution is 9.11. The predicted molar refractivity (Wildman–Crippen MR) is 151 cm³/mol. The molecule has 184 valence electrons. The van der Waals surface area contributed by atoms with Crippen LogP contribution in [0, 0.1) is 0 Å². The topological polar surface area (TPSA) is 68.2 Å². The molecule has 6 nitrogen and oxygen atoms in total. The molecule has 1 saturated heterocycles. The fourth-order valence-electron chi connectivity index (χ4n) is 3.27. The molecule has 1 aliphatic rings. The third-order valence-corrected chi connectivity index (χ3v) is 7.77. The molecule has 36 heavy (non-hydrogen) atoms.